The summed E-state index contributed by atoms with van der Waals surface area (Å²) in [5.74, 6) is -0.336. The van der Waals surface area contributed by atoms with Crippen LogP contribution in [0.25, 0.3) is 16.6 Å². The highest BCUT2D eigenvalue weighted by Crippen LogP contribution is 2.33. The Bertz CT molecular complexity index is 1280. The number of rotatable bonds is 4. The van der Waals surface area contributed by atoms with Gasteiger partial charge in [0, 0.05) is 17.6 Å². The number of nitrogens with one attached hydrogen (secondary N) is 1. The summed E-state index contributed by atoms with van der Waals surface area (Å²) in [5, 5.41) is 4.14. The second-order valence-electron chi connectivity index (χ2n) is 6.09. The molecule has 0 fully saturated rings. The minimum Gasteiger partial charge on any atom is -0.263 e. The summed E-state index contributed by atoms with van der Waals surface area (Å²) in [6.07, 6.45) is -3.20. The molecule has 0 radical (unpaired) electrons. The van der Waals surface area contributed by atoms with Crippen molar-refractivity contribution in [3.8, 4) is 5.69 Å². The van der Waals surface area contributed by atoms with Crippen LogP contribution in [-0.4, -0.2) is 23.2 Å². The number of pyridine rings is 1. The molecule has 0 saturated heterocycles. The van der Waals surface area contributed by atoms with E-state index in [-0.39, 0.29) is 16.4 Å². The number of halogens is 3. The van der Waals surface area contributed by atoms with E-state index in [0.717, 1.165) is 4.68 Å². The second-order valence-corrected chi connectivity index (χ2v) is 7.77. The number of anilines is 1. The largest absolute Gasteiger partial charge is 0.435 e. The average molecular weight is 418 g/mol. The Morgan fingerprint density at radius 3 is 2.41 bits per heavy atom. The van der Waals surface area contributed by atoms with E-state index in [0.29, 0.717) is 17.0 Å². The zero-order chi connectivity index (χ0) is 20.6. The van der Waals surface area contributed by atoms with Crippen LogP contribution in [0.1, 0.15) is 5.69 Å². The first-order chi connectivity index (χ1) is 13.8. The highest BCUT2D eigenvalue weighted by atomic mass is 32.2. The summed E-state index contributed by atoms with van der Waals surface area (Å²) >= 11 is 0. The van der Waals surface area contributed by atoms with Gasteiger partial charge in [-0.05, 0) is 36.4 Å². The van der Waals surface area contributed by atoms with E-state index in [1.807, 2.05) is 0 Å². The predicted molar refractivity (Wildman–Crippen MR) is 101 cm³/mol. The molecular formula is C19H13F3N4O2S. The Balaban J connectivity index is 1.89. The van der Waals surface area contributed by atoms with E-state index in [4.69, 9.17) is 0 Å². The Labute approximate surface area is 163 Å². The molecule has 0 unspecified atom stereocenters. The number of sulfonamides is 1. The Hall–Kier alpha value is -3.40. The number of nitrogens with zero attached hydrogens (tertiary/aromatic N) is 3. The normalized spacial score (nSPS) is 12.2. The number of aromatic nitrogens is 3. The molecule has 0 spiro atoms. The quantitative estimate of drug-likeness (QED) is 0.538. The zero-order valence-electron chi connectivity index (χ0n) is 14.6. The fourth-order valence-electron chi connectivity index (χ4n) is 2.84. The SMILES string of the molecule is O=S(=O)(Nc1cc(C(F)(F)F)nn1-c1cccc2ncccc12)c1ccccc1. The summed E-state index contributed by atoms with van der Waals surface area (Å²) in [7, 11) is -4.12. The third-order valence-electron chi connectivity index (χ3n) is 4.14. The summed E-state index contributed by atoms with van der Waals surface area (Å²) in [5.41, 5.74) is -0.424. The van der Waals surface area contributed by atoms with Crippen LogP contribution >= 0.6 is 0 Å². The highest BCUT2D eigenvalue weighted by Gasteiger charge is 2.36. The van der Waals surface area contributed by atoms with E-state index >= 15 is 0 Å². The van der Waals surface area contributed by atoms with Crippen molar-refractivity contribution >= 4 is 26.7 Å². The van der Waals surface area contributed by atoms with Crippen LogP contribution in [0.2, 0.25) is 0 Å². The maximum atomic E-state index is 13.3. The van der Waals surface area contributed by atoms with Gasteiger partial charge in [0.2, 0.25) is 0 Å². The van der Waals surface area contributed by atoms with E-state index < -0.39 is 21.9 Å². The zero-order valence-corrected chi connectivity index (χ0v) is 15.4. The molecule has 4 aromatic rings. The first kappa shape index (κ1) is 18.9. The molecule has 2 aromatic heterocycles. The van der Waals surface area contributed by atoms with E-state index in [1.165, 1.54) is 30.3 Å². The van der Waals surface area contributed by atoms with Crippen molar-refractivity contribution in [3.05, 3.63) is 78.6 Å². The maximum absolute atomic E-state index is 13.3. The molecule has 0 amide bonds. The molecule has 148 valence electrons. The van der Waals surface area contributed by atoms with Crippen molar-refractivity contribution < 1.29 is 21.6 Å². The lowest BCUT2D eigenvalue weighted by Crippen LogP contribution is -2.16. The minimum absolute atomic E-state index is 0.0825. The third-order valence-corrected chi connectivity index (χ3v) is 5.51. The number of benzene rings is 2. The first-order valence-corrected chi connectivity index (χ1v) is 9.83. The van der Waals surface area contributed by atoms with Crippen LogP contribution in [0.5, 0.6) is 0 Å². The molecule has 4 rings (SSSR count). The molecule has 10 heteroatoms. The van der Waals surface area contributed by atoms with Crippen molar-refractivity contribution in [1.82, 2.24) is 14.8 Å². The number of hydrogen-bond donors (Lipinski definition) is 1. The van der Waals surface area contributed by atoms with Gasteiger partial charge in [0.1, 0.15) is 5.82 Å². The third kappa shape index (κ3) is 3.66. The summed E-state index contributed by atoms with van der Waals surface area (Å²) in [4.78, 5) is 4.09. The van der Waals surface area contributed by atoms with Crippen molar-refractivity contribution in [2.75, 3.05) is 4.72 Å². The maximum Gasteiger partial charge on any atom is 0.435 e. The first-order valence-electron chi connectivity index (χ1n) is 8.35. The van der Waals surface area contributed by atoms with E-state index in [1.54, 1.807) is 36.5 Å². The number of alkyl halides is 3. The minimum atomic E-state index is -4.75. The Morgan fingerprint density at radius 2 is 1.69 bits per heavy atom. The van der Waals surface area contributed by atoms with Crippen LogP contribution in [0, 0.1) is 0 Å². The Kier molecular flexibility index (Phi) is 4.50. The van der Waals surface area contributed by atoms with Gasteiger partial charge in [-0.3, -0.25) is 9.71 Å². The molecule has 0 atom stereocenters. The molecule has 29 heavy (non-hydrogen) atoms. The van der Waals surface area contributed by atoms with Gasteiger partial charge in [-0.1, -0.05) is 24.3 Å². The summed E-state index contributed by atoms with van der Waals surface area (Å²) in [6.45, 7) is 0. The van der Waals surface area contributed by atoms with Crippen LogP contribution in [0.3, 0.4) is 0 Å². The summed E-state index contributed by atoms with van der Waals surface area (Å²) < 4.78 is 68.4. The number of fused-ring (bicyclic) bond motifs is 1. The fourth-order valence-corrected chi connectivity index (χ4v) is 3.90. The van der Waals surface area contributed by atoms with Crippen molar-refractivity contribution in [3.63, 3.8) is 0 Å². The lowest BCUT2D eigenvalue weighted by Gasteiger charge is -2.12. The molecule has 1 N–H and O–H groups in total. The van der Waals surface area contributed by atoms with Crippen molar-refractivity contribution in [1.29, 1.82) is 0 Å². The van der Waals surface area contributed by atoms with Gasteiger partial charge < -0.3 is 0 Å². The van der Waals surface area contributed by atoms with Crippen molar-refractivity contribution in [2.24, 2.45) is 0 Å². The van der Waals surface area contributed by atoms with Crippen LogP contribution < -0.4 is 4.72 Å². The molecule has 0 saturated carbocycles. The van der Waals surface area contributed by atoms with Gasteiger partial charge in [-0.15, -0.1) is 0 Å². The van der Waals surface area contributed by atoms with E-state index in [2.05, 4.69) is 14.8 Å². The van der Waals surface area contributed by atoms with Gasteiger partial charge in [0.05, 0.1) is 16.1 Å². The fraction of sp³-hybridized carbons (Fsp3) is 0.0526. The lowest BCUT2D eigenvalue weighted by molar-refractivity contribution is -0.141. The second kappa shape index (κ2) is 6.89. The van der Waals surface area contributed by atoms with E-state index in [9.17, 15) is 21.6 Å². The van der Waals surface area contributed by atoms with Gasteiger partial charge in [0.15, 0.2) is 5.69 Å². The van der Waals surface area contributed by atoms with Crippen LogP contribution in [0.4, 0.5) is 19.0 Å². The summed E-state index contributed by atoms with van der Waals surface area (Å²) in [6, 6.07) is 16.2. The van der Waals surface area contributed by atoms with Gasteiger partial charge >= 0.3 is 6.18 Å². The van der Waals surface area contributed by atoms with Crippen LogP contribution in [0.15, 0.2) is 77.8 Å². The smallest absolute Gasteiger partial charge is 0.263 e. The molecule has 6 nitrogen and oxygen atoms in total. The molecule has 2 heterocycles. The molecule has 0 aliphatic heterocycles. The highest BCUT2D eigenvalue weighted by molar-refractivity contribution is 7.92. The molecular weight excluding hydrogens is 405 g/mol. The predicted octanol–water partition coefficient (Wildman–Crippen LogP) is 4.24. The Morgan fingerprint density at radius 1 is 0.931 bits per heavy atom. The molecule has 0 aliphatic rings. The average Bonchev–Trinajstić information content (AvgIpc) is 3.11. The van der Waals surface area contributed by atoms with Gasteiger partial charge in [-0.25, -0.2) is 13.1 Å². The van der Waals surface area contributed by atoms with Gasteiger partial charge in [-0.2, -0.15) is 18.3 Å². The molecule has 2 aromatic carbocycles. The molecule has 0 aliphatic carbocycles. The van der Waals surface area contributed by atoms with Crippen LogP contribution in [-0.2, 0) is 16.2 Å². The monoisotopic (exact) mass is 418 g/mol. The molecule has 0 bridgehead atoms. The number of hydrogen-bond acceptors (Lipinski definition) is 4. The lowest BCUT2D eigenvalue weighted by atomic mass is 10.2. The standard InChI is InChI=1S/C19H13F3N4O2S/c20-19(21,22)17-12-18(25-29(27,28)13-6-2-1-3-7-13)26(24-17)16-10-4-9-15-14(16)8-5-11-23-15/h1-12,25H. The van der Waals surface area contributed by atoms with Crippen molar-refractivity contribution in [2.45, 2.75) is 11.1 Å². The van der Waals surface area contributed by atoms with Gasteiger partial charge in [0.25, 0.3) is 10.0 Å². The topological polar surface area (TPSA) is 76.9 Å².